The van der Waals surface area contributed by atoms with Crippen molar-refractivity contribution in [3.8, 4) is 67.3 Å². The summed E-state index contributed by atoms with van der Waals surface area (Å²) in [5, 5.41) is 22.6. The first-order valence-electron chi connectivity index (χ1n) is 30.3. The Morgan fingerprint density at radius 2 is 0.901 bits per heavy atom. The van der Waals surface area contributed by atoms with E-state index >= 15 is 0 Å². The molecule has 101 heavy (non-hydrogen) atoms. The van der Waals surface area contributed by atoms with Crippen molar-refractivity contribution >= 4 is 108 Å². The van der Waals surface area contributed by atoms with Gasteiger partial charge in [-0.3, -0.25) is 28.3 Å². The minimum Gasteiger partial charge on any atom is -0.399 e. The molecule has 514 valence electrons. The molecule has 0 bridgehead atoms. The molecule has 1 aliphatic heterocycles. The third kappa shape index (κ3) is 17.9. The molecule has 0 unspecified atom stereocenters. The Bertz CT molecular complexity index is 5230. The smallest absolute Gasteiger partial charge is 0.399 e. The number of amides is 1. The van der Waals surface area contributed by atoms with Crippen molar-refractivity contribution in [1.82, 2.24) is 67.7 Å². The van der Waals surface area contributed by atoms with Gasteiger partial charge in [-0.1, -0.05) is 26.6 Å². The highest BCUT2D eigenvalue weighted by molar-refractivity contribution is 9.11. The fourth-order valence-electron chi connectivity index (χ4n) is 10.1. The molecule has 15 rings (SSSR count). The fourth-order valence-corrected chi connectivity index (χ4v) is 11.1. The first-order chi connectivity index (χ1) is 47.8. The number of aromatic nitrogens is 14. The normalized spacial score (nSPS) is 12.4. The van der Waals surface area contributed by atoms with Crippen LogP contribution in [0, 0.1) is 36.4 Å². The summed E-state index contributed by atoms with van der Waals surface area (Å²) in [6, 6.07) is 36.4. The third-order valence-electron chi connectivity index (χ3n) is 15.6. The number of rotatable bonds is 9. The van der Waals surface area contributed by atoms with Gasteiger partial charge in [-0.15, -0.1) is 23.2 Å². The number of hydrogen-bond donors (Lipinski definition) is 2. The van der Waals surface area contributed by atoms with Crippen molar-refractivity contribution in [1.29, 1.82) is 0 Å². The van der Waals surface area contributed by atoms with Gasteiger partial charge in [-0.25, -0.2) is 41.3 Å². The number of aromatic amines is 1. The lowest BCUT2D eigenvalue weighted by Gasteiger charge is -2.32. The molecular formula is C72H64BBr2Cl2F4N17O3. The van der Waals surface area contributed by atoms with Gasteiger partial charge in [0.1, 0.15) is 56.7 Å². The number of H-pyrrole nitrogens is 1. The number of nitrogens with zero attached hydrogens (tertiary/aromatic N) is 15. The minimum absolute atomic E-state index is 0. The maximum Gasteiger partial charge on any atom is 0.498 e. The van der Waals surface area contributed by atoms with Crippen molar-refractivity contribution in [2.45, 2.75) is 58.1 Å². The summed E-state index contributed by atoms with van der Waals surface area (Å²) >= 11 is 16.8. The highest BCUT2D eigenvalue weighted by Crippen LogP contribution is 2.38. The number of carbonyl (C=O) groups is 1. The molecule has 0 radical (unpaired) electrons. The van der Waals surface area contributed by atoms with E-state index in [0.29, 0.717) is 23.9 Å². The monoisotopic (exact) mass is 1530 g/mol. The summed E-state index contributed by atoms with van der Waals surface area (Å²) in [4.78, 5) is 30.1. The highest BCUT2D eigenvalue weighted by Gasteiger charge is 2.52. The molecule has 0 spiro atoms. The predicted octanol–water partition coefficient (Wildman–Crippen LogP) is 17.8. The van der Waals surface area contributed by atoms with Gasteiger partial charge in [-0.2, -0.15) is 20.4 Å². The Balaban J connectivity index is 0.000000147. The summed E-state index contributed by atoms with van der Waals surface area (Å²) in [7, 11) is 5.10. The molecule has 10 aromatic heterocycles. The van der Waals surface area contributed by atoms with E-state index < -0.39 is 7.12 Å². The molecule has 1 fully saturated rings. The Morgan fingerprint density at radius 1 is 0.525 bits per heavy atom. The van der Waals surface area contributed by atoms with Gasteiger partial charge < -0.3 is 24.3 Å². The zero-order valence-electron chi connectivity index (χ0n) is 54.7. The van der Waals surface area contributed by atoms with Crippen molar-refractivity contribution in [3.63, 3.8) is 0 Å². The number of halogens is 8. The topological polar surface area (TPSA) is 190 Å². The number of hydrogen-bond acceptors (Lipinski definition) is 10. The number of pyridine rings is 3. The van der Waals surface area contributed by atoms with Crippen LogP contribution in [0.15, 0.2) is 204 Å². The van der Waals surface area contributed by atoms with Crippen molar-refractivity contribution in [3.05, 3.63) is 250 Å². The molecule has 1 saturated heterocycles. The molecule has 1 aliphatic rings. The molecule has 1 amide bonds. The number of fused-ring (bicyclic) bond motifs is 3. The van der Waals surface area contributed by atoms with E-state index in [9.17, 15) is 22.4 Å². The van der Waals surface area contributed by atoms with Crippen molar-refractivity contribution in [2.24, 2.45) is 21.1 Å². The van der Waals surface area contributed by atoms with Crippen LogP contribution in [0.2, 0.25) is 0 Å². The number of nitrogens with one attached hydrogen (secondary N) is 2. The molecule has 0 atom stereocenters. The first kappa shape index (κ1) is 74.7. The summed E-state index contributed by atoms with van der Waals surface area (Å²) in [5.41, 5.74) is 12.7. The van der Waals surface area contributed by atoms with Gasteiger partial charge in [0.2, 0.25) is 17.7 Å². The molecule has 29 heteroatoms. The Morgan fingerprint density at radius 3 is 1.32 bits per heavy atom. The predicted molar refractivity (Wildman–Crippen MR) is 395 cm³/mol. The lowest BCUT2D eigenvalue weighted by Crippen LogP contribution is -2.41. The maximum absolute atomic E-state index is 13.2. The SMILES string of the molecule is C.CC(Cl)Cl.Cn1cc(-c2ccc3ncc(NC=O)n3c2)c(-c2ccc(F)cc2)n1.Cn1cc(Br)c(-c2ccc(F)cc2)n1.Fc1ccc(-c2[nH]ncc2Br)cc1.[C-]#[N+]c1cnc2ccc(-c3cn(C)nc3-c3ccc(F)cc3)cn12.[C-]#[N+]c1cnc2ccc(B3OC(C)(C)C(C)(C)O3)cn12. The number of benzene rings is 4. The summed E-state index contributed by atoms with van der Waals surface area (Å²) < 4.78 is 75.9. The van der Waals surface area contributed by atoms with Crippen LogP contribution in [-0.4, -0.2) is 97.3 Å². The average Bonchev–Trinajstić information content (AvgIpc) is 1.58. The Labute approximate surface area is 606 Å². The van der Waals surface area contributed by atoms with Gasteiger partial charge in [-0.05, 0) is 182 Å². The van der Waals surface area contributed by atoms with Crippen LogP contribution in [0.25, 0.3) is 93.9 Å². The molecule has 4 aromatic carbocycles. The molecular weight excluding hydrogens is 1470 g/mol. The van der Waals surface area contributed by atoms with Crippen LogP contribution in [0.3, 0.4) is 0 Å². The van der Waals surface area contributed by atoms with Gasteiger partial charge in [0, 0.05) is 108 Å². The van der Waals surface area contributed by atoms with Gasteiger partial charge in [0.05, 0.1) is 63.0 Å². The van der Waals surface area contributed by atoms with E-state index in [-0.39, 0.29) is 46.7 Å². The Hall–Kier alpha value is -10.5. The van der Waals surface area contributed by atoms with Crippen LogP contribution in [-0.2, 0) is 35.2 Å². The van der Waals surface area contributed by atoms with Gasteiger partial charge in [0.25, 0.3) is 11.6 Å². The van der Waals surface area contributed by atoms with E-state index in [4.69, 9.17) is 45.7 Å². The van der Waals surface area contributed by atoms with Crippen LogP contribution in [0.1, 0.15) is 42.0 Å². The second-order valence-electron chi connectivity index (χ2n) is 23.2. The Kier molecular flexibility index (Phi) is 24.2. The number of aryl methyl sites for hydroxylation is 3. The van der Waals surface area contributed by atoms with Crippen molar-refractivity contribution in [2.75, 3.05) is 5.32 Å². The van der Waals surface area contributed by atoms with E-state index in [2.05, 4.69) is 87.3 Å². The van der Waals surface area contributed by atoms with Crippen LogP contribution < -0.4 is 10.8 Å². The van der Waals surface area contributed by atoms with Crippen LogP contribution in [0.5, 0.6) is 0 Å². The number of carbonyl (C=O) groups excluding carboxylic acids is 1. The van der Waals surface area contributed by atoms with Gasteiger partial charge in [0.15, 0.2) is 0 Å². The fraction of sp³-hybridized carbons (Fsp3) is 0.167. The average molecular weight is 1530 g/mol. The second-order valence-corrected chi connectivity index (χ2v) is 26.4. The van der Waals surface area contributed by atoms with Crippen LogP contribution in [0.4, 0.5) is 35.0 Å². The second kappa shape index (κ2) is 32.7. The summed E-state index contributed by atoms with van der Waals surface area (Å²) in [5.74, 6) is 0.486. The molecule has 14 aromatic rings. The zero-order valence-corrected chi connectivity index (χ0v) is 59.3. The molecule has 11 heterocycles. The largest absolute Gasteiger partial charge is 0.498 e. The van der Waals surface area contributed by atoms with Crippen molar-refractivity contribution < 1.29 is 31.7 Å². The molecule has 20 nitrogen and oxygen atoms in total. The minimum atomic E-state index is -0.426. The van der Waals surface area contributed by atoms with Gasteiger partial charge >= 0.3 is 7.12 Å². The highest BCUT2D eigenvalue weighted by atomic mass is 79.9. The standard InChI is InChI=1S/C18H14FN5O.C18H12FN5.C14H16BN3O2.C10H8BrFN2.C9H6BrFN2.C2H4Cl2.CH4/c1-23-10-15(18(22-23)12-2-5-14(19)6-3-12)13-4-7-16-20-8-17(21-11-25)24(16)9-13;1-20-17-9-21-16-8-5-13(10-24(16)17)15-11-23(2)22-18(15)12-3-6-14(19)7-4-12;1-13(2)14(3,4)20-15(19-13)10-6-7-11-17-8-12(16-5)18(11)9-10;1-14-6-9(11)10(13-14)7-2-4-8(12)5-3-7;10-8-5-12-13-9(8)6-1-3-7(11)4-2-6;1-2(3)4;/h2-11H,1H3,(H,21,25);3-11H,2H3;6-9H,1-4H3;2-6H,1H3;1-5H,(H,12,13);2H,1H3;1H4. The van der Waals surface area contributed by atoms with E-state index in [1.165, 1.54) is 48.5 Å². The lowest BCUT2D eigenvalue weighted by atomic mass is 9.80. The number of anilines is 1. The molecule has 0 aliphatic carbocycles. The molecule has 2 N–H and O–H groups in total. The van der Waals surface area contributed by atoms with E-state index in [1.807, 2.05) is 122 Å². The quantitative estimate of drug-likeness (QED) is 0.0462. The van der Waals surface area contributed by atoms with Crippen LogP contribution >= 0.6 is 55.1 Å². The van der Waals surface area contributed by atoms with E-state index in [0.717, 1.165) is 98.6 Å². The third-order valence-corrected chi connectivity index (χ3v) is 16.8. The number of imidazole rings is 3. The zero-order chi connectivity index (χ0) is 71.6. The first-order valence-corrected chi connectivity index (χ1v) is 32.8. The summed E-state index contributed by atoms with van der Waals surface area (Å²) in [6.07, 6.45) is 18.3. The lowest BCUT2D eigenvalue weighted by molar-refractivity contribution is -0.105. The number of alkyl halides is 2. The summed E-state index contributed by atoms with van der Waals surface area (Å²) in [6.45, 7) is 24.2. The maximum atomic E-state index is 13.2. The molecule has 0 saturated carbocycles. The van der Waals surface area contributed by atoms with E-state index in [1.54, 1.807) is 107 Å².